The lowest BCUT2D eigenvalue weighted by Crippen LogP contribution is -1.93. The molecule has 0 radical (unpaired) electrons. The van der Waals surface area contributed by atoms with Gasteiger partial charge in [0.05, 0.1) is 0 Å². The Kier molecular flexibility index (Phi) is 3.62. The Morgan fingerprint density at radius 1 is 0.857 bits per heavy atom. The largest absolute Gasteiger partial charge is 0.437 e. The zero-order valence-electron chi connectivity index (χ0n) is 11.2. The van der Waals surface area contributed by atoms with E-state index >= 15 is 0 Å². The van der Waals surface area contributed by atoms with Crippen molar-refractivity contribution < 1.29 is 4.74 Å². The van der Waals surface area contributed by atoms with Gasteiger partial charge in [-0.1, -0.05) is 48.5 Å². The highest BCUT2D eigenvalue weighted by Gasteiger charge is 2.10. The van der Waals surface area contributed by atoms with Gasteiger partial charge in [0.25, 0.3) is 0 Å². The molecule has 0 amide bonds. The lowest BCUT2D eigenvalue weighted by Gasteiger charge is -2.11. The fraction of sp³-hybridized carbons (Fsp3) is 0. The Hall–Kier alpha value is -3.12. The van der Waals surface area contributed by atoms with Gasteiger partial charge in [0.1, 0.15) is 17.4 Å². The summed E-state index contributed by atoms with van der Waals surface area (Å²) in [6, 6.07) is 23.2. The van der Waals surface area contributed by atoms with E-state index in [9.17, 15) is 0 Å². The lowest BCUT2D eigenvalue weighted by atomic mass is 10.1. The summed E-state index contributed by atoms with van der Waals surface area (Å²) in [6.07, 6.45) is 1.61. The third-order valence-corrected chi connectivity index (χ3v) is 3.07. The van der Waals surface area contributed by atoms with Crippen LogP contribution in [0.1, 0.15) is 5.56 Å². The summed E-state index contributed by atoms with van der Waals surface area (Å²) in [4.78, 5) is 4.13. The first kappa shape index (κ1) is 12.9. The van der Waals surface area contributed by atoms with Crippen LogP contribution in [-0.4, -0.2) is 4.98 Å². The predicted octanol–water partition coefficient (Wildman–Crippen LogP) is 4.41. The van der Waals surface area contributed by atoms with Gasteiger partial charge in [-0.05, 0) is 23.8 Å². The summed E-state index contributed by atoms with van der Waals surface area (Å²) in [5.41, 5.74) is 2.44. The van der Waals surface area contributed by atoms with Crippen molar-refractivity contribution in [3.8, 4) is 28.8 Å². The quantitative estimate of drug-likeness (QED) is 0.709. The Bertz CT molecular complexity index is 792. The molecule has 0 aliphatic rings. The van der Waals surface area contributed by atoms with E-state index in [0.717, 1.165) is 11.1 Å². The molecule has 0 N–H and O–H groups in total. The van der Waals surface area contributed by atoms with Crippen molar-refractivity contribution in [2.75, 3.05) is 0 Å². The number of hydrogen-bond donors (Lipinski definition) is 0. The van der Waals surface area contributed by atoms with Crippen molar-refractivity contribution in [2.45, 2.75) is 0 Å². The maximum Gasteiger partial charge on any atom is 0.237 e. The number of hydrogen-bond acceptors (Lipinski definition) is 3. The van der Waals surface area contributed by atoms with Crippen molar-refractivity contribution in [3.63, 3.8) is 0 Å². The van der Waals surface area contributed by atoms with Crippen LogP contribution in [0.2, 0.25) is 0 Å². The summed E-state index contributed by atoms with van der Waals surface area (Å²) in [7, 11) is 0. The Balaban J connectivity index is 2.03. The molecule has 2 aromatic carbocycles. The van der Waals surface area contributed by atoms with Crippen molar-refractivity contribution >= 4 is 0 Å². The minimum absolute atomic E-state index is 0.323. The van der Waals surface area contributed by atoms with Crippen LogP contribution in [0.15, 0.2) is 72.9 Å². The van der Waals surface area contributed by atoms with Gasteiger partial charge >= 0.3 is 0 Å². The highest BCUT2D eigenvalue weighted by atomic mass is 16.5. The molecular formula is C18H12N2O. The number of pyridine rings is 1. The van der Waals surface area contributed by atoms with E-state index in [1.807, 2.05) is 54.6 Å². The van der Waals surface area contributed by atoms with Crippen molar-refractivity contribution in [1.29, 1.82) is 5.26 Å². The van der Waals surface area contributed by atoms with Gasteiger partial charge in [-0.3, -0.25) is 0 Å². The SMILES string of the molecule is N#Cc1cccnc1Oc1ccccc1-c1ccccc1. The lowest BCUT2D eigenvalue weighted by molar-refractivity contribution is 0.463. The van der Waals surface area contributed by atoms with E-state index in [1.54, 1.807) is 18.3 Å². The molecule has 21 heavy (non-hydrogen) atoms. The highest BCUT2D eigenvalue weighted by molar-refractivity contribution is 5.70. The van der Waals surface area contributed by atoms with E-state index in [2.05, 4.69) is 11.1 Å². The molecule has 0 bridgehead atoms. The Morgan fingerprint density at radius 2 is 1.62 bits per heavy atom. The maximum atomic E-state index is 9.11. The maximum absolute atomic E-state index is 9.11. The molecule has 3 heteroatoms. The van der Waals surface area contributed by atoms with E-state index in [-0.39, 0.29) is 0 Å². The average molecular weight is 272 g/mol. The zero-order valence-corrected chi connectivity index (χ0v) is 11.2. The molecule has 3 aromatic rings. The van der Waals surface area contributed by atoms with Crippen molar-refractivity contribution in [2.24, 2.45) is 0 Å². The number of aromatic nitrogens is 1. The van der Waals surface area contributed by atoms with Crippen LogP contribution in [-0.2, 0) is 0 Å². The van der Waals surface area contributed by atoms with E-state index in [1.165, 1.54) is 0 Å². The van der Waals surface area contributed by atoms with Crippen LogP contribution in [0.3, 0.4) is 0 Å². The molecule has 1 heterocycles. The van der Waals surface area contributed by atoms with Crippen LogP contribution in [0.5, 0.6) is 11.6 Å². The molecule has 0 aliphatic heterocycles. The Morgan fingerprint density at radius 3 is 2.43 bits per heavy atom. The van der Waals surface area contributed by atoms with Crippen LogP contribution < -0.4 is 4.74 Å². The van der Waals surface area contributed by atoms with Gasteiger partial charge in [-0.2, -0.15) is 5.26 Å². The van der Waals surface area contributed by atoms with Gasteiger partial charge in [-0.15, -0.1) is 0 Å². The van der Waals surface area contributed by atoms with Gasteiger partial charge in [0.2, 0.25) is 5.88 Å². The van der Waals surface area contributed by atoms with Crippen molar-refractivity contribution in [1.82, 2.24) is 4.98 Å². The van der Waals surface area contributed by atoms with Crippen LogP contribution in [0.25, 0.3) is 11.1 Å². The molecule has 1 aromatic heterocycles. The number of nitriles is 1. The molecular weight excluding hydrogens is 260 g/mol. The number of benzene rings is 2. The molecule has 0 fully saturated rings. The van der Waals surface area contributed by atoms with Gasteiger partial charge < -0.3 is 4.74 Å². The molecule has 0 saturated heterocycles. The smallest absolute Gasteiger partial charge is 0.237 e. The number of nitrogens with zero attached hydrogens (tertiary/aromatic N) is 2. The minimum atomic E-state index is 0.323. The first-order valence-corrected chi connectivity index (χ1v) is 6.56. The summed E-state index contributed by atoms with van der Waals surface area (Å²) in [5, 5.41) is 9.11. The number of para-hydroxylation sites is 1. The second kappa shape index (κ2) is 5.89. The van der Waals surface area contributed by atoms with Crippen LogP contribution in [0.4, 0.5) is 0 Å². The number of ether oxygens (including phenoxy) is 1. The van der Waals surface area contributed by atoms with E-state index in [0.29, 0.717) is 17.2 Å². The van der Waals surface area contributed by atoms with Gasteiger partial charge in [0.15, 0.2) is 0 Å². The second-order valence-corrected chi connectivity index (χ2v) is 4.43. The fourth-order valence-corrected chi connectivity index (χ4v) is 2.07. The summed E-state index contributed by atoms with van der Waals surface area (Å²) in [6.45, 7) is 0. The summed E-state index contributed by atoms with van der Waals surface area (Å²) in [5.74, 6) is 1.00. The van der Waals surface area contributed by atoms with E-state index < -0.39 is 0 Å². The third kappa shape index (κ3) is 2.75. The molecule has 100 valence electrons. The highest BCUT2D eigenvalue weighted by Crippen LogP contribution is 2.33. The monoisotopic (exact) mass is 272 g/mol. The molecule has 0 unspecified atom stereocenters. The second-order valence-electron chi connectivity index (χ2n) is 4.43. The topological polar surface area (TPSA) is 45.9 Å². The minimum Gasteiger partial charge on any atom is -0.437 e. The third-order valence-electron chi connectivity index (χ3n) is 3.07. The fourth-order valence-electron chi connectivity index (χ4n) is 2.07. The number of rotatable bonds is 3. The van der Waals surface area contributed by atoms with Gasteiger partial charge in [0, 0.05) is 11.8 Å². The van der Waals surface area contributed by atoms with Crippen LogP contribution >= 0.6 is 0 Å². The molecule has 0 spiro atoms. The molecule has 3 rings (SSSR count). The van der Waals surface area contributed by atoms with E-state index in [4.69, 9.17) is 10.00 Å². The first-order valence-electron chi connectivity index (χ1n) is 6.56. The predicted molar refractivity (Wildman–Crippen MR) is 80.9 cm³/mol. The standard InChI is InChI=1S/C18H12N2O/c19-13-15-9-6-12-20-18(15)21-17-11-5-4-10-16(17)14-7-2-1-3-8-14/h1-12H. The summed E-state index contributed by atoms with van der Waals surface area (Å²) < 4.78 is 5.85. The average Bonchev–Trinajstić information content (AvgIpc) is 2.57. The molecule has 0 saturated carbocycles. The molecule has 3 nitrogen and oxygen atoms in total. The van der Waals surface area contributed by atoms with Crippen LogP contribution in [0, 0.1) is 11.3 Å². The first-order chi connectivity index (χ1) is 10.4. The molecule has 0 aliphatic carbocycles. The van der Waals surface area contributed by atoms with Crippen molar-refractivity contribution in [3.05, 3.63) is 78.5 Å². The molecule has 0 atom stereocenters. The zero-order chi connectivity index (χ0) is 14.5. The summed E-state index contributed by atoms with van der Waals surface area (Å²) >= 11 is 0. The normalized spacial score (nSPS) is 9.86. The van der Waals surface area contributed by atoms with Gasteiger partial charge in [-0.25, -0.2) is 4.98 Å². The Labute approximate surface area is 123 Å².